The normalized spacial score (nSPS) is 13.4. The lowest BCUT2D eigenvalue weighted by atomic mass is 9.99. The molecule has 0 aromatic heterocycles. The number of hydrogen-bond acceptors (Lipinski definition) is 2. The summed E-state index contributed by atoms with van der Waals surface area (Å²) in [5, 5.41) is 2.27. The Morgan fingerprint density at radius 2 is 1.80 bits per heavy atom. The van der Waals surface area contributed by atoms with Gasteiger partial charge in [0, 0.05) is 11.1 Å². The molecule has 3 aromatic rings. The molecule has 1 aliphatic rings. The number of allylic oxidation sites excluding steroid dienone is 1. The summed E-state index contributed by atoms with van der Waals surface area (Å²) < 4.78 is 18.8. The van der Waals surface area contributed by atoms with E-state index in [4.69, 9.17) is 4.74 Å². The summed E-state index contributed by atoms with van der Waals surface area (Å²) in [4.78, 5) is 12.2. The Morgan fingerprint density at radius 3 is 2.64 bits per heavy atom. The first-order valence-corrected chi connectivity index (χ1v) is 8.04. The van der Waals surface area contributed by atoms with E-state index < -0.39 is 0 Å². The third kappa shape index (κ3) is 3.09. The number of ether oxygens (including phenoxy) is 1. The van der Waals surface area contributed by atoms with Crippen LogP contribution in [-0.4, -0.2) is 12.4 Å². The number of carbonyl (C=O) groups excluding carboxylic acids is 1. The number of halogens is 1. The Morgan fingerprint density at radius 1 is 1.00 bits per heavy atom. The van der Waals surface area contributed by atoms with Gasteiger partial charge >= 0.3 is 0 Å². The maximum Gasteiger partial charge on any atom is 0.185 e. The molecule has 0 saturated heterocycles. The van der Waals surface area contributed by atoms with E-state index in [1.165, 1.54) is 30.3 Å². The Labute approximate surface area is 144 Å². The fourth-order valence-electron chi connectivity index (χ4n) is 2.93. The monoisotopic (exact) mass is 330 g/mol. The van der Waals surface area contributed by atoms with Crippen molar-refractivity contribution in [2.24, 2.45) is 0 Å². The molecule has 0 radical (unpaired) electrons. The molecular weight excluding hydrogens is 315 g/mol. The van der Waals surface area contributed by atoms with Crippen LogP contribution in [0.4, 0.5) is 4.39 Å². The highest BCUT2D eigenvalue weighted by molar-refractivity contribution is 6.05. The molecule has 3 heteroatoms. The van der Waals surface area contributed by atoms with Crippen LogP contribution in [0.2, 0.25) is 0 Å². The number of ketones is 1. The summed E-state index contributed by atoms with van der Waals surface area (Å²) in [7, 11) is 0. The molecule has 0 spiro atoms. The molecular formula is C22H15FO2. The molecule has 0 atom stereocenters. The maximum absolute atomic E-state index is 12.9. The summed E-state index contributed by atoms with van der Waals surface area (Å²) in [5.41, 5.74) is 2.40. The van der Waals surface area contributed by atoms with Crippen LogP contribution in [0, 0.1) is 5.82 Å². The van der Waals surface area contributed by atoms with Gasteiger partial charge in [-0.3, -0.25) is 4.79 Å². The quantitative estimate of drug-likeness (QED) is 0.488. The van der Waals surface area contributed by atoms with E-state index >= 15 is 0 Å². The summed E-state index contributed by atoms with van der Waals surface area (Å²) >= 11 is 0. The Bertz CT molecular complexity index is 1010. The zero-order valence-corrected chi connectivity index (χ0v) is 13.4. The van der Waals surface area contributed by atoms with Crippen molar-refractivity contribution >= 4 is 22.6 Å². The van der Waals surface area contributed by atoms with Crippen LogP contribution in [0.5, 0.6) is 5.75 Å². The minimum Gasteiger partial charge on any atom is -0.488 e. The smallest absolute Gasteiger partial charge is 0.185 e. The molecule has 0 bridgehead atoms. The van der Waals surface area contributed by atoms with Gasteiger partial charge in [-0.2, -0.15) is 0 Å². The van der Waals surface area contributed by atoms with E-state index in [1.807, 2.05) is 24.3 Å². The average molecular weight is 330 g/mol. The fraction of sp³-hybridized carbons (Fsp3) is 0.0455. The Hall–Kier alpha value is -3.20. The third-order valence-electron chi connectivity index (χ3n) is 4.23. The van der Waals surface area contributed by atoms with Crippen LogP contribution in [0.25, 0.3) is 16.8 Å². The van der Waals surface area contributed by atoms with E-state index in [0.29, 0.717) is 12.2 Å². The third-order valence-corrected chi connectivity index (χ3v) is 4.23. The van der Waals surface area contributed by atoms with Crippen molar-refractivity contribution in [3.8, 4) is 5.75 Å². The van der Waals surface area contributed by atoms with Crippen molar-refractivity contribution in [3.05, 3.63) is 95.3 Å². The van der Waals surface area contributed by atoms with Crippen molar-refractivity contribution < 1.29 is 13.9 Å². The van der Waals surface area contributed by atoms with Crippen LogP contribution < -0.4 is 4.74 Å². The van der Waals surface area contributed by atoms with Gasteiger partial charge in [0.1, 0.15) is 18.2 Å². The predicted molar refractivity (Wildman–Crippen MR) is 97.3 cm³/mol. The number of rotatable bonds is 3. The Balaban J connectivity index is 1.64. The summed E-state index contributed by atoms with van der Waals surface area (Å²) in [6.45, 7) is 0.415. The van der Waals surface area contributed by atoms with Crippen molar-refractivity contribution in [2.45, 2.75) is 0 Å². The van der Waals surface area contributed by atoms with Crippen molar-refractivity contribution in [1.29, 1.82) is 0 Å². The van der Waals surface area contributed by atoms with E-state index in [2.05, 4.69) is 18.2 Å². The molecule has 2 nitrogen and oxygen atoms in total. The van der Waals surface area contributed by atoms with Gasteiger partial charge in [-0.15, -0.1) is 0 Å². The molecule has 3 aromatic carbocycles. The van der Waals surface area contributed by atoms with Gasteiger partial charge in [0.15, 0.2) is 5.78 Å². The van der Waals surface area contributed by atoms with Gasteiger partial charge in [-0.25, -0.2) is 4.39 Å². The number of benzene rings is 3. The van der Waals surface area contributed by atoms with Crippen LogP contribution in [0.15, 0.2) is 78.4 Å². The molecule has 0 unspecified atom stereocenters. The minimum atomic E-state index is -0.354. The van der Waals surface area contributed by atoms with E-state index in [-0.39, 0.29) is 11.6 Å². The number of hydrogen-bond donors (Lipinski definition) is 0. The van der Waals surface area contributed by atoms with Gasteiger partial charge in [-0.05, 0) is 58.8 Å². The lowest BCUT2D eigenvalue weighted by Gasteiger charge is -2.18. The highest BCUT2D eigenvalue weighted by atomic mass is 19.1. The molecule has 0 amide bonds. The molecule has 122 valence electrons. The zero-order valence-electron chi connectivity index (χ0n) is 13.4. The van der Waals surface area contributed by atoms with Crippen LogP contribution in [0.1, 0.15) is 15.9 Å². The number of fused-ring (bicyclic) bond motifs is 3. The van der Waals surface area contributed by atoms with Crippen LogP contribution in [-0.2, 0) is 0 Å². The standard InChI is InChI=1S/C22H15FO2/c23-18-9-6-17(7-10-18)21(24)11-5-15-13-20-19-4-2-1-3-16(19)8-12-22(20)25-14-15/h1-13H,14H2/b11-5+. The first-order valence-electron chi connectivity index (χ1n) is 8.04. The summed E-state index contributed by atoms with van der Waals surface area (Å²) in [6, 6.07) is 17.7. The molecule has 25 heavy (non-hydrogen) atoms. The maximum atomic E-state index is 12.9. The molecule has 0 saturated carbocycles. The van der Waals surface area contributed by atoms with Crippen molar-refractivity contribution in [2.75, 3.05) is 6.61 Å². The molecule has 1 heterocycles. The first kappa shape index (κ1) is 15.3. The second-order valence-corrected chi connectivity index (χ2v) is 5.91. The topological polar surface area (TPSA) is 26.3 Å². The SMILES string of the molecule is O=C(/C=C/C1=Cc2c(ccc3ccccc23)OC1)c1ccc(F)cc1. The summed E-state index contributed by atoms with van der Waals surface area (Å²) in [6.07, 6.45) is 5.31. The molecule has 1 aliphatic heterocycles. The highest BCUT2D eigenvalue weighted by Gasteiger charge is 2.13. The van der Waals surface area contributed by atoms with Crippen molar-refractivity contribution in [3.63, 3.8) is 0 Å². The van der Waals surface area contributed by atoms with Crippen LogP contribution in [0.3, 0.4) is 0 Å². The van der Waals surface area contributed by atoms with E-state index in [9.17, 15) is 9.18 Å². The van der Waals surface area contributed by atoms with E-state index in [0.717, 1.165) is 27.7 Å². The minimum absolute atomic E-state index is 0.162. The van der Waals surface area contributed by atoms with Gasteiger partial charge in [0.25, 0.3) is 0 Å². The second-order valence-electron chi connectivity index (χ2n) is 5.91. The zero-order chi connectivity index (χ0) is 17.2. The highest BCUT2D eigenvalue weighted by Crippen LogP contribution is 2.33. The second kappa shape index (κ2) is 6.36. The predicted octanol–water partition coefficient (Wildman–Crippen LogP) is 5.19. The molecule has 4 rings (SSSR count). The lowest BCUT2D eigenvalue weighted by molar-refractivity contribution is 0.104. The number of carbonyl (C=O) groups is 1. The fourth-order valence-corrected chi connectivity index (χ4v) is 2.93. The van der Waals surface area contributed by atoms with Gasteiger partial charge in [0.05, 0.1) is 0 Å². The largest absolute Gasteiger partial charge is 0.488 e. The molecule has 0 aliphatic carbocycles. The Kier molecular flexibility index (Phi) is 3.90. The van der Waals surface area contributed by atoms with Gasteiger partial charge in [0.2, 0.25) is 0 Å². The average Bonchev–Trinajstić information content (AvgIpc) is 2.66. The molecule has 0 fully saturated rings. The first-order chi connectivity index (χ1) is 12.2. The van der Waals surface area contributed by atoms with Gasteiger partial charge in [-0.1, -0.05) is 36.4 Å². The lowest BCUT2D eigenvalue weighted by Crippen LogP contribution is -2.06. The van der Waals surface area contributed by atoms with Crippen molar-refractivity contribution in [1.82, 2.24) is 0 Å². The summed E-state index contributed by atoms with van der Waals surface area (Å²) in [5.74, 6) is 0.331. The van der Waals surface area contributed by atoms with Gasteiger partial charge < -0.3 is 4.74 Å². The molecule has 0 N–H and O–H groups in total. The van der Waals surface area contributed by atoms with E-state index in [1.54, 1.807) is 6.08 Å². The van der Waals surface area contributed by atoms with Crippen LogP contribution >= 0.6 is 0 Å².